The van der Waals surface area contributed by atoms with E-state index in [9.17, 15) is 4.79 Å². The molecule has 0 unspecified atom stereocenters. The van der Waals surface area contributed by atoms with Crippen molar-refractivity contribution < 1.29 is 14.1 Å². The lowest BCUT2D eigenvalue weighted by Crippen LogP contribution is -2.39. The Morgan fingerprint density at radius 3 is 2.86 bits per heavy atom. The van der Waals surface area contributed by atoms with E-state index in [1.807, 2.05) is 17.0 Å². The molecule has 0 N–H and O–H groups in total. The zero-order valence-electron chi connectivity index (χ0n) is 12.7. The molecule has 1 aromatic heterocycles. The molecular formula is C17H20N2O3. The zero-order valence-corrected chi connectivity index (χ0v) is 12.7. The number of amides is 1. The number of hydrogen-bond acceptors (Lipinski definition) is 4. The molecule has 1 fully saturated rings. The van der Waals surface area contributed by atoms with Gasteiger partial charge in [0, 0.05) is 19.2 Å². The van der Waals surface area contributed by atoms with E-state index in [-0.39, 0.29) is 5.91 Å². The van der Waals surface area contributed by atoms with Crippen LogP contribution in [0.1, 0.15) is 28.9 Å². The van der Waals surface area contributed by atoms with Crippen LogP contribution in [-0.4, -0.2) is 36.2 Å². The van der Waals surface area contributed by atoms with Gasteiger partial charge in [-0.15, -0.1) is 0 Å². The summed E-state index contributed by atoms with van der Waals surface area (Å²) in [6, 6.07) is 9.83. The SMILES string of the molecule is COc1cccc(CC2CCN(C(=O)c3ccon3)CC2)c1. The quantitative estimate of drug-likeness (QED) is 0.871. The highest BCUT2D eigenvalue weighted by Gasteiger charge is 2.25. The number of nitrogens with zero attached hydrogens (tertiary/aromatic N) is 2. The van der Waals surface area contributed by atoms with Crippen molar-refractivity contribution in [1.82, 2.24) is 10.1 Å². The minimum Gasteiger partial charge on any atom is -0.497 e. The van der Waals surface area contributed by atoms with Crippen molar-refractivity contribution in [3.63, 3.8) is 0 Å². The highest BCUT2D eigenvalue weighted by molar-refractivity contribution is 5.92. The van der Waals surface area contributed by atoms with Crippen LogP contribution in [0.5, 0.6) is 5.75 Å². The molecule has 5 heteroatoms. The van der Waals surface area contributed by atoms with Gasteiger partial charge >= 0.3 is 0 Å². The van der Waals surface area contributed by atoms with Crippen molar-refractivity contribution in [2.45, 2.75) is 19.3 Å². The predicted octanol–water partition coefficient (Wildman–Crippen LogP) is 2.78. The summed E-state index contributed by atoms with van der Waals surface area (Å²) in [5.74, 6) is 1.47. The van der Waals surface area contributed by atoms with Gasteiger partial charge in [-0.25, -0.2) is 0 Å². The van der Waals surface area contributed by atoms with Gasteiger partial charge in [0.1, 0.15) is 12.0 Å². The minimum absolute atomic E-state index is 0.0337. The van der Waals surface area contributed by atoms with Gasteiger partial charge in [-0.2, -0.15) is 0 Å². The lowest BCUT2D eigenvalue weighted by Gasteiger charge is -2.31. The number of ether oxygens (including phenoxy) is 1. The van der Waals surface area contributed by atoms with E-state index in [0.717, 1.165) is 38.1 Å². The van der Waals surface area contributed by atoms with Crippen molar-refractivity contribution >= 4 is 5.91 Å². The van der Waals surface area contributed by atoms with Crippen molar-refractivity contribution in [1.29, 1.82) is 0 Å². The molecule has 0 radical (unpaired) electrons. The highest BCUT2D eigenvalue weighted by atomic mass is 16.5. The number of carbonyl (C=O) groups is 1. The number of carbonyl (C=O) groups excluding carboxylic acids is 1. The fraction of sp³-hybridized carbons (Fsp3) is 0.412. The Kier molecular flexibility index (Phi) is 4.42. The summed E-state index contributed by atoms with van der Waals surface area (Å²) in [5, 5.41) is 3.72. The van der Waals surface area contributed by atoms with E-state index < -0.39 is 0 Å². The average molecular weight is 300 g/mol. The second-order valence-electron chi connectivity index (χ2n) is 5.68. The molecule has 0 aliphatic carbocycles. The normalized spacial score (nSPS) is 15.8. The zero-order chi connectivity index (χ0) is 15.4. The average Bonchev–Trinajstić information content (AvgIpc) is 3.09. The van der Waals surface area contributed by atoms with Crippen molar-refractivity contribution in [2.75, 3.05) is 20.2 Å². The topological polar surface area (TPSA) is 55.6 Å². The Morgan fingerprint density at radius 1 is 1.36 bits per heavy atom. The molecule has 1 aliphatic heterocycles. The predicted molar refractivity (Wildman–Crippen MR) is 81.8 cm³/mol. The van der Waals surface area contributed by atoms with Crippen LogP contribution in [-0.2, 0) is 6.42 Å². The van der Waals surface area contributed by atoms with E-state index in [2.05, 4.69) is 17.3 Å². The molecule has 1 saturated heterocycles. The summed E-state index contributed by atoms with van der Waals surface area (Å²) in [7, 11) is 1.69. The van der Waals surface area contributed by atoms with Crippen molar-refractivity contribution in [3.8, 4) is 5.75 Å². The van der Waals surface area contributed by atoms with Crippen molar-refractivity contribution in [2.24, 2.45) is 5.92 Å². The molecule has 3 rings (SSSR count). The van der Waals surface area contributed by atoms with Gasteiger partial charge in [0.15, 0.2) is 5.69 Å². The van der Waals surface area contributed by atoms with E-state index in [1.54, 1.807) is 13.2 Å². The van der Waals surface area contributed by atoms with Gasteiger partial charge in [-0.05, 0) is 42.9 Å². The summed E-state index contributed by atoms with van der Waals surface area (Å²) in [6.45, 7) is 1.56. The van der Waals surface area contributed by atoms with Crippen molar-refractivity contribution in [3.05, 3.63) is 47.9 Å². The van der Waals surface area contributed by atoms with Gasteiger partial charge in [0.25, 0.3) is 5.91 Å². The largest absolute Gasteiger partial charge is 0.497 e. The van der Waals surface area contributed by atoms with E-state index in [0.29, 0.717) is 11.6 Å². The Labute approximate surface area is 129 Å². The van der Waals surface area contributed by atoms with Crippen LogP contribution in [0.4, 0.5) is 0 Å². The molecular weight excluding hydrogens is 280 g/mol. The Morgan fingerprint density at radius 2 is 2.18 bits per heavy atom. The molecule has 22 heavy (non-hydrogen) atoms. The van der Waals surface area contributed by atoms with Crippen LogP contribution in [0.2, 0.25) is 0 Å². The van der Waals surface area contributed by atoms with Crippen LogP contribution in [0.15, 0.2) is 41.1 Å². The van der Waals surface area contributed by atoms with Gasteiger partial charge in [-0.1, -0.05) is 17.3 Å². The Hall–Kier alpha value is -2.30. The summed E-state index contributed by atoms with van der Waals surface area (Å²) in [6.07, 6.45) is 4.49. The van der Waals surface area contributed by atoms with Crippen LogP contribution in [0.25, 0.3) is 0 Å². The maximum atomic E-state index is 12.2. The molecule has 116 valence electrons. The summed E-state index contributed by atoms with van der Waals surface area (Å²) in [5.41, 5.74) is 1.69. The molecule has 5 nitrogen and oxygen atoms in total. The molecule has 1 aliphatic rings. The van der Waals surface area contributed by atoms with Gasteiger partial charge in [0.2, 0.25) is 0 Å². The Bertz CT molecular complexity index is 617. The first-order valence-electron chi connectivity index (χ1n) is 7.59. The first-order valence-corrected chi connectivity index (χ1v) is 7.59. The third-order valence-corrected chi connectivity index (χ3v) is 4.22. The highest BCUT2D eigenvalue weighted by Crippen LogP contribution is 2.24. The fourth-order valence-electron chi connectivity index (χ4n) is 2.96. The Balaban J connectivity index is 1.54. The number of rotatable bonds is 4. The van der Waals surface area contributed by atoms with Crippen LogP contribution in [0.3, 0.4) is 0 Å². The number of likely N-dealkylation sites (tertiary alicyclic amines) is 1. The molecule has 2 heterocycles. The monoisotopic (exact) mass is 300 g/mol. The molecule has 1 amide bonds. The summed E-state index contributed by atoms with van der Waals surface area (Å²) >= 11 is 0. The van der Waals surface area contributed by atoms with Gasteiger partial charge in [0.05, 0.1) is 7.11 Å². The lowest BCUT2D eigenvalue weighted by molar-refractivity contribution is 0.0680. The van der Waals surface area contributed by atoms with E-state index in [1.165, 1.54) is 11.8 Å². The summed E-state index contributed by atoms with van der Waals surface area (Å²) in [4.78, 5) is 14.1. The van der Waals surface area contributed by atoms with E-state index >= 15 is 0 Å². The maximum Gasteiger partial charge on any atom is 0.276 e. The fourth-order valence-corrected chi connectivity index (χ4v) is 2.96. The molecule has 0 spiro atoms. The smallest absolute Gasteiger partial charge is 0.276 e. The minimum atomic E-state index is -0.0337. The first kappa shape index (κ1) is 14.6. The molecule has 0 bridgehead atoms. The van der Waals surface area contributed by atoms with Crippen LogP contribution >= 0.6 is 0 Å². The third kappa shape index (κ3) is 3.30. The van der Waals surface area contributed by atoms with Crippen LogP contribution < -0.4 is 4.74 Å². The number of methoxy groups -OCH3 is 1. The van der Waals surface area contributed by atoms with Gasteiger partial charge in [-0.3, -0.25) is 4.79 Å². The standard InChI is InChI=1S/C17H20N2O3/c1-21-15-4-2-3-14(12-15)11-13-5-8-19(9-6-13)17(20)16-7-10-22-18-16/h2-4,7,10,12-13H,5-6,8-9,11H2,1H3. The summed E-state index contributed by atoms with van der Waals surface area (Å²) < 4.78 is 10.0. The maximum absolute atomic E-state index is 12.2. The third-order valence-electron chi connectivity index (χ3n) is 4.22. The number of aromatic nitrogens is 1. The van der Waals surface area contributed by atoms with Crippen LogP contribution in [0, 0.1) is 5.92 Å². The first-order chi connectivity index (χ1) is 10.8. The lowest BCUT2D eigenvalue weighted by atomic mass is 9.90. The second-order valence-corrected chi connectivity index (χ2v) is 5.68. The molecule has 0 atom stereocenters. The number of benzene rings is 1. The number of hydrogen-bond donors (Lipinski definition) is 0. The molecule has 2 aromatic rings. The van der Waals surface area contributed by atoms with E-state index in [4.69, 9.17) is 9.26 Å². The van der Waals surface area contributed by atoms with Gasteiger partial charge < -0.3 is 14.2 Å². The second kappa shape index (κ2) is 6.64. The number of piperidine rings is 1. The molecule has 0 saturated carbocycles. The molecule has 1 aromatic carbocycles.